The Morgan fingerprint density at radius 3 is 2.15 bits per heavy atom. The topological polar surface area (TPSA) is 82.2 Å². The molecular weight excluding hydrogens is 532 g/mol. The number of piperazine rings is 1. The van der Waals surface area contributed by atoms with Crippen molar-refractivity contribution in [3.8, 4) is 0 Å². The minimum atomic E-state index is -4.53. The number of amides is 3. The van der Waals surface area contributed by atoms with Crippen molar-refractivity contribution in [3.05, 3.63) is 82.3 Å². The Hall–Kier alpha value is -3.93. The van der Waals surface area contributed by atoms with Gasteiger partial charge in [0.15, 0.2) is 0 Å². The number of hydrogen-bond donors (Lipinski definition) is 1. The molecule has 2 aromatic carbocycles. The second-order valence-corrected chi connectivity index (χ2v) is 9.40. The second-order valence-electron chi connectivity index (χ2n) is 9.40. The van der Waals surface area contributed by atoms with E-state index in [0.29, 0.717) is 43.0 Å². The number of esters is 1. The maximum absolute atomic E-state index is 13.2. The minimum Gasteiger partial charge on any atom is -0.463 e. The molecule has 2 aromatic rings. The Bertz CT molecular complexity index is 1270. The lowest BCUT2D eigenvalue weighted by Crippen LogP contribution is -2.53. The Kier molecular flexibility index (Phi) is 8.77. The van der Waals surface area contributed by atoms with Gasteiger partial charge in [-0.3, -0.25) is 14.6 Å². The molecule has 1 fully saturated rings. The first-order valence-electron chi connectivity index (χ1n) is 13.0. The molecule has 214 valence electrons. The van der Waals surface area contributed by atoms with Gasteiger partial charge in [0.1, 0.15) is 5.82 Å². The molecular formula is C28H30F4N4O4. The van der Waals surface area contributed by atoms with Crippen LogP contribution in [0.15, 0.2) is 59.8 Å². The molecule has 1 N–H and O–H groups in total. The summed E-state index contributed by atoms with van der Waals surface area (Å²) in [6.45, 7) is 5.52. The number of likely N-dealkylation sites (N-methyl/N-ethyl adjacent to an activating group) is 1. The number of carbonyl (C=O) groups excluding carboxylic acids is 3. The van der Waals surface area contributed by atoms with Gasteiger partial charge in [-0.25, -0.2) is 14.0 Å². The van der Waals surface area contributed by atoms with Crippen molar-refractivity contribution < 1.29 is 36.7 Å². The van der Waals surface area contributed by atoms with Crippen LogP contribution in [0.4, 0.5) is 22.4 Å². The molecule has 0 unspecified atom stereocenters. The number of hydrogen-bond acceptors (Lipinski definition) is 5. The van der Waals surface area contributed by atoms with Gasteiger partial charge in [-0.15, -0.1) is 0 Å². The van der Waals surface area contributed by atoms with Crippen LogP contribution in [0, 0.1) is 5.82 Å². The fraction of sp³-hybridized carbons (Fsp3) is 0.393. The van der Waals surface area contributed by atoms with Gasteiger partial charge in [0.25, 0.3) is 5.91 Å². The summed E-state index contributed by atoms with van der Waals surface area (Å²) in [6, 6.07) is 8.14. The van der Waals surface area contributed by atoms with Gasteiger partial charge in [-0.2, -0.15) is 13.2 Å². The van der Waals surface area contributed by atoms with Gasteiger partial charge in [-0.1, -0.05) is 12.1 Å². The molecule has 40 heavy (non-hydrogen) atoms. The highest BCUT2D eigenvalue weighted by atomic mass is 19.4. The summed E-state index contributed by atoms with van der Waals surface area (Å²) >= 11 is 0. The molecule has 0 radical (unpaired) electrons. The fourth-order valence-electron chi connectivity index (χ4n) is 4.87. The van der Waals surface area contributed by atoms with Gasteiger partial charge >= 0.3 is 18.2 Å². The van der Waals surface area contributed by atoms with Gasteiger partial charge in [0.2, 0.25) is 0 Å². The molecule has 0 aromatic heterocycles. The van der Waals surface area contributed by atoms with Crippen LogP contribution in [-0.4, -0.2) is 78.5 Å². The molecule has 1 saturated heterocycles. The largest absolute Gasteiger partial charge is 0.463 e. The molecule has 0 spiro atoms. The first-order chi connectivity index (χ1) is 19.0. The van der Waals surface area contributed by atoms with Gasteiger partial charge in [0, 0.05) is 50.5 Å². The maximum Gasteiger partial charge on any atom is 0.416 e. The molecule has 2 aliphatic heterocycles. The fourth-order valence-corrected chi connectivity index (χ4v) is 4.87. The zero-order chi connectivity index (χ0) is 29.0. The van der Waals surface area contributed by atoms with Gasteiger partial charge in [0.05, 0.1) is 23.8 Å². The highest BCUT2D eigenvalue weighted by molar-refractivity contribution is 5.95. The van der Waals surface area contributed by atoms with Crippen LogP contribution in [0.1, 0.15) is 41.4 Å². The van der Waals surface area contributed by atoms with Crippen molar-refractivity contribution in [2.75, 3.05) is 45.9 Å². The van der Waals surface area contributed by atoms with Crippen LogP contribution in [0.25, 0.3) is 0 Å². The van der Waals surface area contributed by atoms with Crippen molar-refractivity contribution in [1.82, 2.24) is 20.0 Å². The highest BCUT2D eigenvalue weighted by Crippen LogP contribution is 2.35. The molecule has 8 nitrogen and oxygen atoms in total. The standard InChI is InChI=1S/C28H30F4N4O4/c1-3-36-22(17-34-13-15-35(16-14-34)25(37)19-7-11-21(29)12-8-19)23(26(38)40-4-2)24(33-27(36)39)18-5-9-20(10-6-18)28(30,31)32/h5-12,24H,3-4,13-17H2,1-2H3,(H,33,39)/t24-/m0/s1. The molecule has 4 rings (SSSR count). The lowest BCUT2D eigenvalue weighted by atomic mass is 9.93. The summed E-state index contributed by atoms with van der Waals surface area (Å²) < 4.78 is 58.0. The van der Waals surface area contributed by atoms with Crippen molar-refractivity contribution in [3.63, 3.8) is 0 Å². The van der Waals surface area contributed by atoms with Crippen LogP contribution < -0.4 is 5.32 Å². The molecule has 3 amide bonds. The van der Waals surface area contributed by atoms with E-state index in [9.17, 15) is 31.9 Å². The quantitative estimate of drug-likeness (QED) is 0.404. The number of benzene rings is 2. The van der Waals surface area contributed by atoms with E-state index in [2.05, 4.69) is 5.32 Å². The molecule has 0 saturated carbocycles. The van der Waals surface area contributed by atoms with Gasteiger partial charge < -0.3 is 15.0 Å². The summed E-state index contributed by atoms with van der Waals surface area (Å²) in [5, 5.41) is 2.74. The second kappa shape index (κ2) is 12.1. The lowest BCUT2D eigenvalue weighted by Gasteiger charge is -2.40. The number of nitrogens with zero attached hydrogens (tertiary/aromatic N) is 3. The third-order valence-corrected chi connectivity index (χ3v) is 6.95. The average molecular weight is 563 g/mol. The Morgan fingerprint density at radius 1 is 0.975 bits per heavy atom. The average Bonchev–Trinajstić information content (AvgIpc) is 2.93. The monoisotopic (exact) mass is 562 g/mol. The first kappa shape index (κ1) is 29.1. The summed E-state index contributed by atoms with van der Waals surface area (Å²) in [5.41, 5.74) is 0.388. The summed E-state index contributed by atoms with van der Waals surface area (Å²) in [5.74, 6) is -1.33. The van der Waals surface area contributed by atoms with Crippen LogP contribution in [0.2, 0.25) is 0 Å². The molecule has 12 heteroatoms. The van der Waals surface area contributed by atoms with E-state index in [1.165, 1.54) is 41.3 Å². The minimum absolute atomic E-state index is 0.0690. The van der Waals surface area contributed by atoms with Crippen LogP contribution in [0.5, 0.6) is 0 Å². The molecule has 1 atom stereocenters. The molecule has 2 heterocycles. The van der Waals surface area contributed by atoms with Crippen LogP contribution in [0.3, 0.4) is 0 Å². The van der Waals surface area contributed by atoms with Crippen molar-refractivity contribution in [2.24, 2.45) is 0 Å². The number of ether oxygens (including phenoxy) is 1. The third kappa shape index (κ3) is 6.27. The van der Waals surface area contributed by atoms with E-state index in [1.54, 1.807) is 18.7 Å². The smallest absolute Gasteiger partial charge is 0.416 e. The van der Waals surface area contributed by atoms with E-state index < -0.39 is 35.6 Å². The summed E-state index contributed by atoms with van der Waals surface area (Å²) in [7, 11) is 0. The van der Waals surface area contributed by atoms with E-state index in [4.69, 9.17) is 4.74 Å². The summed E-state index contributed by atoms with van der Waals surface area (Å²) in [4.78, 5) is 44.2. The Labute approximate surface area is 229 Å². The van der Waals surface area contributed by atoms with E-state index >= 15 is 0 Å². The highest BCUT2D eigenvalue weighted by Gasteiger charge is 2.39. The van der Waals surface area contributed by atoms with E-state index in [1.807, 2.05) is 4.90 Å². The number of alkyl halides is 3. The molecule has 0 bridgehead atoms. The van der Waals surface area contributed by atoms with Crippen molar-refractivity contribution in [2.45, 2.75) is 26.1 Å². The zero-order valence-electron chi connectivity index (χ0n) is 22.1. The number of carbonyl (C=O) groups is 3. The van der Waals surface area contributed by atoms with Gasteiger partial charge in [-0.05, 0) is 55.8 Å². The number of nitrogens with one attached hydrogen (secondary N) is 1. The van der Waals surface area contributed by atoms with Crippen molar-refractivity contribution in [1.29, 1.82) is 0 Å². The lowest BCUT2D eigenvalue weighted by molar-refractivity contribution is -0.139. The predicted octanol–water partition coefficient (Wildman–Crippen LogP) is 4.21. The summed E-state index contributed by atoms with van der Waals surface area (Å²) in [6.07, 6.45) is -4.53. The van der Waals surface area contributed by atoms with E-state index in [-0.39, 0.29) is 31.2 Å². The number of urea groups is 1. The van der Waals surface area contributed by atoms with Crippen LogP contribution >= 0.6 is 0 Å². The number of halogens is 4. The third-order valence-electron chi connectivity index (χ3n) is 6.95. The SMILES string of the molecule is CCOC(=O)C1=C(CN2CCN(C(=O)c3ccc(F)cc3)CC2)N(CC)C(=O)N[C@H]1c1ccc(C(F)(F)F)cc1. The Balaban J connectivity index is 1.60. The Morgan fingerprint density at radius 2 is 1.60 bits per heavy atom. The number of rotatable bonds is 7. The first-order valence-corrected chi connectivity index (χ1v) is 13.0. The molecule has 2 aliphatic rings. The maximum atomic E-state index is 13.2. The van der Waals surface area contributed by atoms with E-state index in [0.717, 1.165) is 12.1 Å². The molecule has 0 aliphatic carbocycles. The zero-order valence-corrected chi connectivity index (χ0v) is 22.1. The predicted molar refractivity (Wildman–Crippen MR) is 137 cm³/mol. The van der Waals surface area contributed by atoms with Crippen LogP contribution in [-0.2, 0) is 15.7 Å². The normalized spacial score (nSPS) is 18.6. The van der Waals surface area contributed by atoms with Crippen molar-refractivity contribution >= 4 is 17.9 Å².